The van der Waals surface area contributed by atoms with Gasteiger partial charge in [0.05, 0.1) is 24.6 Å². The van der Waals surface area contributed by atoms with Crippen molar-refractivity contribution < 1.29 is 21.6 Å². The highest BCUT2D eigenvalue weighted by Gasteiger charge is 2.14. The monoisotopic (exact) mass is 454 g/mol. The molecule has 0 radical (unpaired) electrons. The maximum absolute atomic E-state index is 12.4. The average molecular weight is 455 g/mol. The second-order valence-electron chi connectivity index (χ2n) is 7.06. The SMILES string of the molecule is CC(NC(=O)NC(C)c1cccc(NS(C)(=O)=O)c1)c1cccc(NS(C)(=O)=O)c1. The fourth-order valence-electron chi connectivity index (χ4n) is 2.77. The number of carbonyl (C=O) groups excluding carboxylic acids is 1. The van der Waals surface area contributed by atoms with E-state index in [1.807, 2.05) is 0 Å². The highest BCUT2D eigenvalue weighted by atomic mass is 32.2. The third-order valence-electron chi connectivity index (χ3n) is 4.07. The molecule has 9 nitrogen and oxygen atoms in total. The van der Waals surface area contributed by atoms with Gasteiger partial charge in [-0.05, 0) is 49.2 Å². The molecule has 0 aromatic heterocycles. The Morgan fingerprint density at radius 2 is 1.10 bits per heavy atom. The van der Waals surface area contributed by atoms with Crippen molar-refractivity contribution >= 4 is 37.5 Å². The average Bonchev–Trinajstić information content (AvgIpc) is 2.59. The van der Waals surface area contributed by atoms with Crippen LogP contribution in [0.1, 0.15) is 37.1 Å². The molecular weight excluding hydrogens is 428 g/mol. The molecule has 30 heavy (non-hydrogen) atoms. The summed E-state index contributed by atoms with van der Waals surface area (Å²) >= 11 is 0. The summed E-state index contributed by atoms with van der Waals surface area (Å²) in [7, 11) is -6.79. The van der Waals surface area contributed by atoms with Crippen LogP contribution in [0.3, 0.4) is 0 Å². The molecule has 0 heterocycles. The first kappa shape index (κ1) is 23.5. The highest BCUT2D eigenvalue weighted by molar-refractivity contribution is 7.92. The lowest BCUT2D eigenvalue weighted by atomic mass is 10.1. The Morgan fingerprint density at radius 1 is 0.733 bits per heavy atom. The van der Waals surface area contributed by atoms with E-state index in [4.69, 9.17) is 0 Å². The van der Waals surface area contributed by atoms with Crippen molar-refractivity contribution in [2.75, 3.05) is 22.0 Å². The molecule has 0 saturated carbocycles. The van der Waals surface area contributed by atoms with Gasteiger partial charge in [-0.25, -0.2) is 21.6 Å². The maximum atomic E-state index is 12.4. The summed E-state index contributed by atoms with van der Waals surface area (Å²) in [6, 6.07) is 12.3. The Labute approximate surface area is 177 Å². The number of carbonyl (C=O) groups is 1. The van der Waals surface area contributed by atoms with Crippen LogP contribution in [0.5, 0.6) is 0 Å². The quantitative estimate of drug-likeness (QED) is 0.486. The molecular formula is C19H26N4O5S2. The third-order valence-corrected chi connectivity index (χ3v) is 5.29. The molecule has 2 atom stereocenters. The molecule has 11 heteroatoms. The zero-order valence-electron chi connectivity index (χ0n) is 17.1. The van der Waals surface area contributed by atoms with Gasteiger partial charge in [0.15, 0.2) is 0 Å². The van der Waals surface area contributed by atoms with Crippen LogP contribution < -0.4 is 20.1 Å². The summed E-state index contributed by atoms with van der Waals surface area (Å²) in [6.45, 7) is 3.56. The van der Waals surface area contributed by atoms with E-state index in [9.17, 15) is 21.6 Å². The summed E-state index contributed by atoms with van der Waals surface area (Å²) in [5.74, 6) is 0. The first-order valence-corrected chi connectivity index (χ1v) is 12.8. The van der Waals surface area contributed by atoms with E-state index < -0.39 is 26.1 Å². The molecule has 0 fully saturated rings. The van der Waals surface area contributed by atoms with Crippen molar-refractivity contribution in [3.05, 3.63) is 59.7 Å². The molecule has 2 aromatic carbocycles. The van der Waals surface area contributed by atoms with Crippen molar-refractivity contribution in [1.29, 1.82) is 0 Å². The van der Waals surface area contributed by atoms with Crippen molar-refractivity contribution in [3.63, 3.8) is 0 Å². The summed E-state index contributed by atoms with van der Waals surface area (Å²) in [5.41, 5.74) is 2.27. The van der Waals surface area contributed by atoms with Gasteiger partial charge >= 0.3 is 6.03 Å². The fraction of sp³-hybridized carbons (Fsp3) is 0.316. The highest BCUT2D eigenvalue weighted by Crippen LogP contribution is 2.20. The van der Waals surface area contributed by atoms with Gasteiger partial charge in [-0.15, -0.1) is 0 Å². The zero-order valence-corrected chi connectivity index (χ0v) is 18.8. The Balaban J connectivity index is 2.01. The molecule has 164 valence electrons. The number of hydrogen-bond donors (Lipinski definition) is 4. The van der Waals surface area contributed by atoms with Gasteiger partial charge in [-0.3, -0.25) is 9.44 Å². The van der Waals surface area contributed by atoms with Crippen LogP contribution >= 0.6 is 0 Å². The summed E-state index contributed by atoms with van der Waals surface area (Å²) in [5, 5.41) is 5.60. The maximum Gasteiger partial charge on any atom is 0.315 e. The van der Waals surface area contributed by atoms with Crippen LogP contribution in [0.15, 0.2) is 48.5 Å². The van der Waals surface area contributed by atoms with Crippen LogP contribution in [0.25, 0.3) is 0 Å². The number of amides is 2. The van der Waals surface area contributed by atoms with E-state index in [-0.39, 0.29) is 12.1 Å². The van der Waals surface area contributed by atoms with Crippen molar-refractivity contribution in [2.45, 2.75) is 25.9 Å². The van der Waals surface area contributed by atoms with E-state index in [0.29, 0.717) is 11.4 Å². The van der Waals surface area contributed by atoms with Gasteiger partial charge in [0.2, 0.25) is 20.0 Å². The molecule has 0 aliphatic rings. The predicted molar refractivity (Wildman–Crippen MR) is 118 cm³/mol. The minimum absolute atomic E-state index is 0.378. The number of urea groups is 1. The van der Waals surface area contributed by atoms with Gasteiger partial charge < -0.3 is 10.6 Å². The lowest BCUT2D eigenvalue weighted by Gasteiger charge is -2.20. The molecule has 2 aromatic rings. The van der Waals surface area contributed by atoms with Gasteiger partial charge in [0, 0.05) is 11.4 Å². The number of sulfonamides is 2. The van der Waals surface area contributed by atoms with E-state index in [1.54, 1.807) is 62.4 Å². The van der Waals surface area contributed by atoms with Crippen LogP contribution in [-0.4, -0.2) is 35.4 Å². The van der Waals surface area contributed by atoms with E-state index in [2.05, 4.69) is 20.1 Å². The van der Waals surface area contributed by atoms with E-state index in [0.717, 1.165) is 23.6 Å². The van der Waals surface area contributed by atoms with Crippen LogP contribution in [0.4, 0.5) is 16.2 Å². The summed E-state index contributed by atoms with van der Waals surface area (Å²) in [6.07, 6.45) is 2.13. The Kier molecular flexibility index (Phi) is 7.32. The Morgan fingerprint density at radius 3 is 1.43 bits per heavy atom. The predicted octanol–water partition coefficient (Wildman–Crippen LogP) is 2.55. The minimum Gasteiger partial charge on any atom is -0.332 e. The number of rotatable bonds is 8. The zero-order chi connectivity index (χ0) is 22.5. The molecule has 0 saturated heterocycles. The smallest absolute Gasteiger partial charge is 0.315 e. The lowest BCUT2D eigenvalue weighted by Crippen LogP contribution is -2.38. The van der Waals surface area contributed by atoms with E-state index in [1.165, 1.54) is 0 Å². The van der Waals surface area contributed by atoms with Gasteiger partial charge in [-0.1, -0.05) is 24.3 Å². The molecule has 0 bridgehead atoms. The summed E-state index contributed by atoms with van der Waals surface area (Å²) < 4.78 is 50.3. The van der Waals surface area contributed by atoms with Crippen molar-refractivity contribution in [2.24, 2.45) is 0 Å². The number of benzene rings is 2. The second kappa shape index (κ2) is 9.35. The van der Waals surface area contributed by atoms with Gasteiger partial charge in [0.1, 0.15) is 0 Å². The van der Waals surface area contributed by atoms with Crippen molar-refractivity contribution in [3.8, 4) is 0 Å². The molecule has 4 N–H and O–H groups in total. The van der Waals surface area contributed by atoms with Crippen molar-refractivity contribution in [1.82, 2.24) is 10.6 Å². The van der Waals surface area contributed by atoms with Gasteiger partial charge in [-0.2, -0.15) is 0 Å². The number of nitrogens with one attached hydrogen (secondary N) is 4. The molecule has 2 amide bonds. The summed E-state index contributed by atoms with van der Waals surface area (Å²) in [4.78, 5) is 12.4. The van der Waals surface area contributed by atoms with Crippen LogP contribution in [-0.2, 0) is 20.0 Å². The topological polar surface area (TPSA) is 133 Å². The standard InChI is InChI=1S/C19H26N4O5S2/c1-13(15-7-5-9-17(11-15)22-29(3,25)26)20-19(24)21-14(2)16-8-6-10-18(12-16)23-30(4,27)28/h5-14,22-23H,1-4H3,(H2,20,21,24). The molecule has 0 aliphatic carbocycles. The molecule has 0 aliphatic heterocycles. The largest absolute Gasteiger partial charge is 0.332 e. The molecule has 0 spiro atoms. The minimum atomic E-state index is -3.40. The second-order valence-corrected chi connectivity index (χ2v) is 10.6. The van der Waals surface area contributed by atoms with Gasteiger partial charge in [0.25, 0.3) is 0 Å². The first-order chi connectivity index (χ1) is 13.8. The third kappa shape index (κ3) is 7.91. The van der Waals surface area contributed by atoms with Crippen LogP contribution in [0, 0.1) is 0 Å². The normalized spacial score (nSPS) is 13.7. The molecule has 2 unspecified atom stereocenters. The number of anilines is 2. The first-order valence-electron chi connectivity index (χ1n) is 9.05. The number of hydrogen-bond acceptors (Lipinski definition) is 5. The van der Waals surface area contributed by atoms with E-state index >= 15 is 0 Å². The fourth-order valence-corrected chi connectivity index (χ4v) is 3.88. The van der Waals surface area contributed by atoms with Crippen LogP contribution in [0.2, 0.25) is 0 Å². The Hall–Kier alpha value is -2.79. The lowest BCUT2D eigenvalue weighted by molar-refractivity contribution is 0.235. The molecule has 2 rings (SSSR count). The Bertz CT molecular complexity index is 1030.